The molecule has 0 saturated carbocycles. The highest BCUT2D eigenvalue weighted by molar-refractivity contribution is 5.91. The predicted octanol–water partition coefficient (Wildman–Crippen LogP) is 1.36. The highest BCUT2D eigenvalue weighted by Gasteiger charge is 2.23. The van der Waals surface area contributed by atoms with Crippen LogP contribution in [0.25, 0.3) is 6.08 Å². The van der Waals surface area contributed by atoms with Crippen LogP contribution in [-0.4, -0.2) is 62.0 Å². The Bertz CT molecular complexity index is 577. The number of carbonyl (C=O) groups excluding carboxylic acids is 1. The fourth-order valence-electron chi connectivity index (χ4n) is 3.38. The molecule has 3 rings (SSSR count). The molecule has 130 valence electrons. The minimum atomic E-state index is -0.520. The molecular formula is C18H25N3O3. The molecule has 6 nitrogen and oxygen atoms in total. The maximum Gasteiger partial charge on any atom is 0.267 e. The van der Waals surface area contributed by atoms with Crippen molar-refractivity contribution in [1.82, 2.24) is 10.4 Å². The molecule has 6 heteroatoms. The van der Waals surface area contributed by atoms with Crippen molar-refractivity contribution in [3.8, 4) is 0 Å². The first-order chi connectivity index (χ1) is 11.8. The lowest BCUT2D eigenvalue weighted by Gasteiger charge is -2.37. The van der Waals surface area contributed by atoms with E-state index in [1.54, 1.807) is 11.6 Å². The maximum absolute atomic E-state index is 11.2. The third kappa shape index (κ3) is 4.35. The molecule has 2 aliphatic heterocycles. The first-order valence-corrected chi connectivity index (χ1v) is 8.52. The van der Waals surface area contributed by atoms with Gasteiger partial charge in [0.05, 0.1) is 6.61 Å². The molecule has 0 aromatic heterocycles. The number of ether oxygens (including phenoxy) is 1. The van der Waals surface area contributed by atoms with Crippen LogP contribution in [0.2, 0.25) is 0 Å². The van der Waals surface area contributed by atoms with E-state index in [9.17, 15) is 4.79 Å². The second-order valence-corrected chi connectivity index (χ2v) is 6.39. The second kappa shape index (κ2) is 8.28. The SMILES string of the molecule is O=C(/C=C/c1ccccc1N1CCN(CC2CCOC2)CC1)NO. The molecule has 1 unspecified atom stereocenters. The number of benzene rings is 1. The summed E-state index contributed by atoms with van der Waals surface area (Å²) in [4.78, 5) is 16.1. The first-order valence-electron chi connectivity index (χ1n) is 8.52. The van der Waals surface area contributed by atoms with Crippen molar-refractivity contribution < 1.29 is 14.7 Å². The number of hydroxylamine groups is 1. The molecule has 2 aliphatic rings. The number of rotatable bonds is 5. The maximum atomic E-state index is 11.2. The van der Waals surface area contributed by atoms with Crippen LogP contribution in [0.4, 0.5) is 5.69 Å². The highest BCUT2D eigenvalue weighted by Crippen LogP contribution is 2.24. The number of anilines is 1. The number of nitrogens with one attached hydrogen (secondary N) is 1. The zero-order valence-electron chi connectivity index (χ0n) is 13.9. The quantitative estimate of drug-likeness (QED) is 0.485. The van der Waals surface area contributed by atoms with Crippen LogP contribution >= 0.6 is 0 Å². The highest BCUT2D eigenvalue weighted by atomic mass is 16.5. The van der Waals surface area contributed by atoms with Crippen molar-refractivity contribution in [3.05, 3.63) is 35.9 Å². The third-order valence-electron chi connectivity index (χ3n) is 4.71. The Morgan fingerprint density at radius 3 is 2.79 bits per heavy atom. The lowest BCUT2D eigenvalue weighted by atomic mass is 10.1. The van der Waals surface area contributed by atoms with Gasteiger partial charge < -0.3 is 9.64 Å². The molecule has 0 spiro atoms. The zero-order chi connectivity index (χ0) is 16.8. The number of para-hydroxylation sites is 1. The summed E-state index contributed by atoms with van der Waals surface area (Å²) in [6.07, 6.45) is 4.26. The summed E-state index contributed by atoms with van der Waals surface area (Å²) in [5.74, 6) is 0.164. The number of carbonyl (C=O) groups is 1. The molecule has 2 fully saturated rings. The van der Waals surface area contributed by atoms with E-state index in [0.717, 1.165) is 57.2 Å². The van der Waals surface area contributed by atoms with Gasteiger partial charge in [-0.3, -0.25) is 14.9 Å². The molecule has 0 radical (unpaired) electrons. The molecule has 1 aromatic carbocycles. The number of hydrogen-bond acceptors (Lipinski definition) is 5. The largest absolute Gasteiger partial charge is 0.381 e. The summed E-state index contributed by atoms with van der Waals surface area (Å²) in [5.41, 5.74) is 3.73. The first kappa shape index (κ1) is 17.0. The topological polar surface area (TPSA) is 65.0 Å². The van der Waals surface area contributed by atoms with Gasteiger partial charge in [0.1, 0.15) is 0 Å². The van der Waals surface area contributed by atoms with Crippen LogP contribution in [0.5, 0.6) is 0 Å². The smallest absolute Gasteiger partial charge is 0.267 e. The standard InChI is InChI=1S/C18H25N3O3/c22-18(19-23)6-5-16-3-1-2-4-17(16)21-10-8-20(9-11-21)13-15-7-12-24-14-15/h1-6,15,23H,7-14H2,(H,19,22)/b6-5+. The average Bonchev–Trinajstić information content (AvgIpc) is 3.13. The Morgan fingerprint density at radius 1 is 1.29 bits per heavy atom. The number of piperazine rings is 1. The number of amides is 1. The molecule has 1 aromatic rings. The van der Waals surface area contributed by atoms with Crippen molar-refractivity contribution in [2.75, 3.05) is 50.8 Å². The van der Waals surface area contributed by atoms with Crippen molar-refractivity contribution in [2.45, 2.75) is 6.42 Å². The minimum Gasteiger partial charge on any atom is -0.381 e. The van der Waals surface area contributed by atoms with Gasteiger partial charge in [-0.15, -0.1) is 0 Å². The van der Waals surface area contributed by atoms with Gasteiger partial charge >= 0.3 is 0 Å². The fraction of sp³-hybridized carbons (Fsp3) is 0.500. The summed E-state index contributed by atoms with van der Waals surface area (Å²) in [6.45, 7) is 6.99. The lowest BCUT2D eigenvalue weighted by Crippen LogP contribution is -2.48. The summed E-state index contributed by atoms with van der Waals surface area (Å²) < 4.78 is 5.47. The Kier molecular flexibility index (Phi) is 5.85. The van der Waals surface area contributed by atoms with Gasteiger partial charge in [0, 0.05) is 51.1 Å². The van der Waals surface area contributed by atoms with Gasteiger partial charge in [0.2, 0.25) is 0 Å². The molecule has 1 atom stereocenters. The number of nitrogens with zero attached hydrogens (tertiary/aromatic N) is 2. The fourth-order valence-corrected chi connectivity index (χ4v) is 3.38. The van der Waals surface area contributed by atoms with Gasteiger partial charge in [-0.1, -0.05) is 18.2 Å². The Morgan fingerprint density at radius 2 is 2.08 bits per heavy atom. The molecular weight excluding hydrogens is 306 g/mol. The summed E-state index contributed by atoms with van der Waals surface area (Å²) in [7, 11) is 0. The van der Waals surface area contributed by atoms with E-state index >= 15 is 0 Å². The van der Waals surface area contributed by atoms with E-state index in [0.29, 0.717) is 5.92 Å². The van der Waals surface area contributed by atoms with Gasteiger partial charge in [-0.05, 0) is 30.0 Å². The number of hydrogen-bond donors (Lipinski definition) is 2. The molecule has 0 aliphatic carbocycles. The minimum absolute atomic E-state index is 0.520. The third-order valence-corrected chi connectivity index (χ3v) is 4.71. The Balaban J connectivity index is 1.59. The van der Waals surface area contributed by atoms with E-state index in [1.165, 1.54) is 12.5 Å². The van der Waals surface area contributed by atoms with Crippen LogP contribution in [0, 0.1) is 5.92 Å². The van der Waals surface area contributed by atoms with E-state index in [1.807, 2.05) is 18.2 Å². The van der Waals surface area contributed by atoms with Crippen LogP contribution < -0.4 is 10.4 Å². The molecule has 2 N–H and O–H groups in total. The second-order valence-electron chi connectivity index (χ2n) is 6.39. The van der Waals surface area contributed by atoms with Gasteiger partial charge in [0.15, 0.2) is 0 Å². The van der Waals surface area contributed by atoms with E-state index < -0.39 is 5.91 Å². The van der Waals surface area contributed by atoms with Crippen molar-refractivity contribution in [3.63, 3.8) is 0 Å². The molecule has 0 bridgehead atoms. The normalized spacial score (nSPS) is 22.2. The average molecular weight is 331 g/mol. The molecule has 24 heavy (non-hydrogen) atoms. The summed E-state index contributed by atoms with van der Waals surface area (Å²) in [5, 5.41) is 8.60. The van der Waals surface area contributed by atoms with Gasteiger partial charge in [0.25, 0.3) is 5.91 Å². The van der Waals surface area contributed by atoms with Crippen LogP contribution in [0.1, 0.15) is 12.0 Å². The van der Waals surface area contributed by atoms with Crippen LogP contribution in [0.15, 0.2) is 30.3 Å². The van der Waals surface area contributed by atoms with Gasteiger partial charge in [-0.25, -0.2) is 5.48 Å². The lowest BCUT2D eigenvalue weighted by molar-refractivity contribution is -0.124. The van der Waals surface area contributed by atoms with E-state index in [-0.39, 0.29) is 0 Å². The van der Waals surface area contributed by atoms with Crippen molar-refractivity contribution >= 4 is 17.7 Å². The van der Waals surface area contributed by atoms with Crippen LogP contribution in [-0.2, 0) is 9.53 Å². The molecule has 2 heterocycles. The van der Waals surface area contributed by atoms with Crippen molar-refractivity contribution in [2.24, 2.45) is 5.92 Å². The van der Waals surface area contributed by atoms with Gasteiger partial charge in [-0.2, -0.15) is 0 Å². The monoisotopic (exact) mass is 331 g/mol. The predicted molar refractivity (Wildman–Crippen MR) is 93.0 cm³/mol. The Labute approximate surface area is 142 Å². The molecule has 1 amide bonds. The van der Waals surface area contributed by atoms with Crippen LogP contribution in [0.3, 0.4) is 0 Å². The summed E-state index contributed by atoms with van der Waals surface area (Å²) in [6, 6.07) is 8.03. The van der Waals surface area contributed by atoms with E-state index in [4.69, 9.17) is 9.94 Å². The van der Waals surface area contributed by atoms with Crippen molar-refractivity contribution in [1.29, 1.82) is 0 Å². The zero-order valence-corrected chi connectivity index (χ0v) is 13.9. The Hall–Kier alpha value is -1.89. The van der Waals surface area contributed by atoms with E-state index in [2.05, 4.69) is 15.9 Å². The summed E-state index contributed by atoms with van der Waals surface area (Å²) >= 11 is 0. The molecule has 2 saturated heterocycles.